The monoisotopic (exact) mass is 430 g/mol. The van der Waals surface area contributed by atoms with Crippen molar-refractivity contribution in [3.05, 3.63) is 52.5 Å². The smallest absolute Gasteiger partial charge is 0.255 e. The van der Waals surface area contributed by atoms with Gasteiger partial charge in [0.05, 0.1) is 30.0 Å². The Hall–Kier alpha value is -2.73. The predicted octanol–water partition coefficient (Wildman–Crippen LogP) is 5.02. The molecule has 0 unspecified atom stereocenters. The van der Waals surface area contributed by atoms with Crippen molar-refractivity contribution >= 4 is 29.1 Å². The van der Waals surface area contributed by atoms with Gasteiger partial charge in [-0.2, -0.15) is 0 Å². The van der Waals surface area contributed by atoms with E-state index in [2.05, 4.69) is 5.32 Å². The van der Waals surface area contributed by atoms with Gasteiger partial charge in [-0.15, -0.1) is 0 Å². The highest BCUT2D eigenvalue weighted by molar-refractivity contribution is 6.32. The first kappa shape index (κ1) is 22.0. The summed E-state index contributed by atoms with van der Waals surface area (Å²) in [5.41, 5.74) is 1.27. The molecule has 0 saturated carbocycles. The summed E-state index contributed by atoms with van der Waals surface area (Å²) in [6.07, 6.45) is 3.97. The summed E-state index contributed by atoms with van der Waals surface area (Å²) in [5, 5.41) is 3.14. The van der Waals surface area contributed by atoms with Gasteiger partial charge in [-0.3, -0.25) is 9.59 Å². The molecule has 0 spiro atoms. The molecule has 1 heterocycles. The van der Waals surface area contributed by atoms with E-state index in [9.17, 15) is 9.59 Å². The Balaban J connectivity index is 1.83. The molecule has 160 valence electrons. The van der Waals surface area contributed by atoms with E-state index in [0.717, 1.165) is 38.8 Å². The maximum Gasteiger partial charge on any atom is 0.255 e. The minimum absolute atomic E-state index is 0.0653. The second-order valence-electron chi connectivity index (χ2n) is 7.19. The van der Waals surface area contributed by atoms with Crippen molar-refractivity contribution in [1.82, 2.24) is 4.90 Å². The van der Waals surface area contributed by atoms with Crippen LogP contribution in [0.25, 0.3) is 0 Å². The van der Waals surface area contributed by atoms with Crippen molar-refractivity contribution < 1.29 is 19.1 Å². The second kappa shape index (κ2) is 10.3. The fraction of sp³-hybridized carbons (Fsp3) is 0.391. The number of anilines is 1. The molecule has 1 N–H and O–H groups in total. The lowest BCUT2D eigenvalue weighted by atomic mass is 10.1. The zero-order valence-electron chi connectivity index (χ0n) is 17.4. The lowest BCUT2D eigenvalue weighted by molar-refractivity contribution is 0.0725. The summed E-state index contributed by atoms with van der Waals surface area (Å²) in [6.45, 7) is 3.97. The van der Waals surface area contributed by atoms with Crippen LogP contribution in [0.5, 0.6) is 11.5 Å². The molecule has 0 radical (unpaired) electrons. The van der Waals surface area contributed by atoms with Crippen LogP contribution in [0.3, 0.4) is 0 Å². The lowest BCUT2D eigenvalue weighted by Gasteiger charge is -2.27. The average molecular weight is 431 g/mol. The third kappa shape index (κ3) is 5.05. The molecule has 30 heavy (non-hydrogen) atoms. The number of methoxy groups -OCH3 is 1. The number of halogens is 1. The van der Waals surface area contributed by atoms with Gasteiger partial charge < -0.3 is 19.7 Å². The highest BCUT2D eigenvalue weighted by atomic mass is 35.5. The molecular formula is C23H27ClN2O4. The SMILES string of the molecule is CCCOc1c(Cl)cc(C(=O)Nc2ccccc2C(=O)N2CCCCC2)cc1OC. The van der Waals surface area contributed by atoms with Gasteiger partial charge in [-0.1, -0.05) is 30.7 Å². The Labute approximate surface area is 182 Å². The standard InChI is InChI=1S/C23H27ClN2O4/c1-3-13-30-21-18(24)14-16(15-20(21)29-2)22(27)25-19-10-6-5-9-17(19)23(28)26-11-7-4-8-12-26/h5-6,9-10,14-15H,3-4,7-8,11-13H2,1-2H3,(H,25,27). The first-order valence-corrected chi connectivity index (χ1v) is 10.6. The number of benzene rings is 2. The molecule has 0 aliphatic carbocycles. The highest BCUT2D eigenvalue weighted by Crippen LogP contribution is 2.36. The summed E-state index contributed by atoms with van der Waals surface area (Å²) < 4.78 is 11.0. The van der Waals surface area contributed by atoms with E-state index in [1.54, 1.807) is 36.4 Å². The van der Waals surface area contributed by atoms with Crippen LogP contribution in [-0.4, -0.2) is 43.5 Å². The molecule has 6 nitrogen and oxygen atoms in total. The number of likely N-dealkylation sites (tertiary alicyclic amines) is 1. The summed E-state index contributed by atoms with van der Waals surface area (Å²) in [6, 6.07) is 10.2. The van der Waals surface area contributed by atoms with E-state index >= 15 is 0 Å². The number of nitrogens with one attached hydrogen (secondary N) is 1. The predicted molar refractivity (Wildman–Crippen MR) is 118 cm³/mol. The average Bonchev–Trinajstić information content (AvgIpc) is 2.78. The molecule has 2 aromatic rings. The normalized spacial score (nSPS) is 13.6. The molecule has 0 atom stereocenters. The molecule has 0 aromatic heterocycles. The van der Waals surface area contributed by atoms with Crippen LogP contribution in [0.4, 0.5) is 5.69 Å². The van der Waals surface area contributed by atoms with Crippen molar-refractivity contribution in [2.24, 2.45) is 0 Å². The Bertz CT molecular complexity index is 910. The van der Waals surface area contributed by atoms with Gasteiger partial charge in [0.2, 0.25) is 0 Å². The van der Waals surface area contributed by atoms with Gasteiger partial charge in [-0.05, 0) is 49.9 Å². The van der Waals surface area contributed by atoms with Gasteiger partial charge >= 0.3 is 0 Å². The first-order chi connectivity index (χ1) is 14.5. The van der Waals surface area contributed by atoms with E-state index in [0.29, 0.717) is 39.9 Å². The number of rotatable bonds is 7. The summed E-state index contributed by atoms with van der Waals surface area (Å²) >= 11 is 6.33. The molecule has 2 aromatic carbocycles. The molecule has 2 amide bonds. The number of carbonyl (C=O) groups excluding carboxylic acids is 2. The molecule has 1 aliphatic rings. The first-order valence-electron chi connectivity index (χ1n) is 10.2. The minimum Gasteiger partial charge on any atom is -0.493 e. The van der Waals surface area contributed by atoms with Crippen LogP contribution in [0.1, 0.15) is 53.3 Å². The fourth-order valence-electron chi connectivity index (χ4n) is 3.44. The zero-order chi connectivity index (χ0) is 21.5. The summed E-state index contributed by atoms with van der Waals surface area (Å²) in [5.74, 6) is 0.359. The van der Waals surface area contributed by atoms with Gasteiger partial charge in [0.1, 0.15) is 0 Å². The molecule has 0 bridgehead atoms. The van der Waals surface area contributed by atoms with E-state index in [-0.39, 0.29) is 11.8 Å². The molecule has 7 heteroatoms. The van der Waals surface area contributed by atoms with Crippen LogP contribution in [-0.2, 0) is 0 Å². The molecular weight excluding hydrogens is 404 g/mol. The fourth-order valence-corrected chi connectivity index (χ4v) is 3.70. The maximum absolute atomic E-state index is 13.0. The third-order valence-corrected chi connectivity index (χ3v) is 5.27. The summed E-state index contributed by atoms with van der Waals surface area (Å²) in [7, 11) is 1.50. The van der Waals surface area contributed by atoms with Gasteiger partial charge in [0.15, 0.2) is 11.5 Å². The van der Waals surface area contributed by atoms with E-state index < -0.39 is 0 Å². The maximum atomic E-state index is 13.0. The Morgan fingerprint density at radius 1 is 1.13 bits per heavy atom. The highest BCUT2D eigenvalue weighted by Gasteiger charge is 2.22. The van der Waals surface area contributed by atoms with Gasteiger partial charge in [0, 0.05) is 18.7 Å². The number of para-hydroxylation sites is 1. The Morgan fingerprint density at radius 3 is 2.57 bits per heavy atom. The molecule has 1 fully saturated rings. The topological polar surface area (TPSA) is 67.9 Å². The van der Waals surface area contributed by atoms with Crippen LogP contribution in [0.2, 0.25) is 5.02 Å². The van der Waals surface area contributed by atoms with E-state index in [1.165, 1.54) is 7.11 Å². The van der Waals surface area contributed by atoms with Crippen molar-refractivity contribution in [2.75, 3.05) is 32.1 Å². The number of piperidine rings is 1. The number of ether oxygens (including phenoxy) is 2. The van der Waals surface area contributed by atoms with Gasteiger partial charge in [0.25, 0.3) is 11.8 Å². The van der Waals surface area contributed by atoms with Crippen molar-refractivity contribution in [3.8, 4) is 11.5 Å². The number of hydrogen-bond donors (Lipinski definition) is 1. The minimum atomic E-state index is -0.379. The van der Waals surface area contributed by atoms with E-state index in [1.807, 2.05) is 11.8 Å². The molecule has 1 aliphatic heterocycles. The molecule has 3 rings (SSSR count). The second-order valence-corrected chi connectivity index (χ2v) is 7.60. The number of hydrogen-bond acceptors (Lipinski definition) is 4. The largest absolute Gasteiger partial charge is 0.493 e. The van der Waals surface area contributed by atoms with Crippen LogP contribution < -0.4 is 14.8 Å². The Kier molecular flexibility index (Phi) is 7.57. The number of carbonyl (C=O) groups is 2. The van der Waals surface area contributed by atoms with E-state index in [4.69, 9.17) is 21.1 Å². The lowest BCUT2D eigenvalue weighted by Crippen LogP contribution is -2.36. The summed E-state index contributed by atoms with van der Waals surface area (Å²) in [4.78, 5) is 27.7. The van der Waals surface area contributed by atoms with Gasteiger partial charge in [-0.25, -0.2) is 0 Å². The van der Waals surface area contributed by atoms with Crippen LogP contribution >= 0.6 is 11.6 Å². The Morgan fingerprint density at radius 2 is 1.87 bits per heavy atom. The van der Waals surface area contributed by atoms with Crippen molar-refractivity contribution in [2.45, 2.75) is 32.6 Å². The van der Waals surface area contributed by atoms with Crippen molar-refractivity contribution in [1.29, 1.82) is 0 Å². The number of nitrogens with zero attached hydrogens (tertiary/aromatic N) is 1. The number of amides is 2. The third-order valence-electron chi connectivity index (χ3n) is 4.99. The zero-order valence-corrected chi connectivity index (χ0v) is 18.1. The van der Waals surface area contributed by atoms with Crippen molar-refractivity contribution in [3.63, 3.8) is 0 Å². The van der Waals surface area contributed by atoms with Crippen LogP contribution in [0.15, 0.2) is 36.4 Å². The molecule has 1 saturated heterocycles. The van der Waals surface area contributed by atoms with Crippen LogP contribution in [0, 0.1) is 0 Å². The quantitative estimate of drug-likeness (QED) is 0.670.